The minimum atomic E-state index is -0.130. The number of nitrogens with one attached hydrogen (secondary N) is 1. The van der Waals surface area contributed by atoms with Gasteiger partial charge in [0.05, 0.1) is 12.1 Å². The van der Waals surface area contributed by atoms with E-state index in [1.54, 1.807) is 6.07 Å². The second kappa shape index (κ2) is 6.79. The van der Waals surface area contributed by atoms with Crippen molar-refractivity contribution in [2.24, 2.45) is 5.73 Å². The Bertz CT molecular complexity index is 621. The van der Waals surface area contributed by atoms with Gasteiger partial charge in [-0.15, -0.1) is 0 Å². The lowest BCUT2D eigenvalue weighted by atomic mass is 9.86. The van der Waals surface area contributed by atoms with Crippen molar-refractivity contribution < 1.29 is 9.21 Å². The summed E-state index contributed by atoms with van der Waals surface area (Å²) in [6.07, 6.45) is 2.24. The normalized spacial score (nSPS) is 11.5. The average Bonchev–Trinajstić information content (AvgIpc) is 2.96. The van der Waals surface area contributed by atoms with E-state index in [4.69, 9.17) is 10.2 Å². The number of rotatable bonds is 5. The van der Waals surface area contributed by atoms with Crippen LogP contribution in [0.2, 0.25) is 0 Å². The summed E-state index contributed by atoms with van der Waals surface area (Å²) >= 11 is 0. The molecule has 1 aromatic carbocycles. The zero-order valence-corrected chi connectivity index (χ0v) is 13.5. The summed E-state index contributed by atoms with van der Waals surface area (Å²) in [7, 11) is 0. The second-order valence-corrected chi connectivity index (χ2v) is 6.46. The first kappa shape index (κ1) is 16.3. The molecule has 4 nitrogen and oxygen atoms in total. The Morgan fingerprint density at radius 1 is 1.23 bits per heavy atom. The molecule has 4 heteroatoms. The van der Waals surface area contributed by atoms with E-state index in [9.17, 15) is 4.79 Å². The first-order chi connectivity index (χ1) is 10.4. The molecule has 2 rings (SSSR count). The highest BCUT2D eigenvalue weighted by Gasteiger charge is 2.13. The molecule has 0 atom stereocenters. The van der Waals surface area contributed by atoms with Gasteiger partial charge in [0, 0.05) is 6.54 Å². The minimum Gasteiger partial charge on any atom is -0.467 e. The summed E-state index contributed by atoms with van der Waals surface area (Å²) in [4.78, 5) is 11.9. The fourth-order valence-corrected chi connectivity index (χ4v) is 2.20. The highest BCUT2D eigenvalue weighted by Crippen LogP contribution is 2.22. The van der Waals surface area contributed by atoms with Gasteiger partial charge in [-0.25, -0.2) is 0 Å². The van der Waals surface area contributed by atoms with Crippen LogP contribution in [0.1, 0.15) is 48.0 Å². The van der Waals surface area contributed by atoms with Crippen LogP contribution < -0.4 is 11.1 Å². The molecule has 0 radical (unpaired) electrons. The van der Waals surface area contributed by atoms with E-state index in [2.05, 4.69) is 50.4 Å². The molecule has 1 aromatic heterocycles. The summed E-state index contributed by atoms with van der Waals surface area (Å²) < 4.78 is 5.16. The van der Waals surface area contributed by atoms with Crippen LogP contribution in [0.15, 0.2) is 41.0 Å². The molecule has 118 valence electrons. The van der Waals surface area contributed by atoms with E-state index in [1.807, 2.05) is 0 Å². The van der Waals surface area contributed by atoms with Gasteiger partial charge < -0.3 is 15.5 Å². The zero-order valence-electron chi connectivity index (χ0n) is 13.5. The number of hydrogen-bond donors (Lipinski definition) is 2. The fourth-order valence-electron chi connectivity index (χ4n) is 2.20. The van der Waals surface area contributed by atoms with Crippen molar-refractivity contribution >= 4 is 5.91 Å². The highest BCUT2D eigenvalue weighted by atomic mass is 16.3. The number of benzene rings is 1. The summed E-state index contributed by atoms with van der Waals surface area (Å²) in [5.74, 6) is 0.484. The molecular weight excluding hydrogens is 276 g/mol. The van der Waals surface area contributed by atoms with E-state index >= 15 is 0 Å². The first-order valence-electron chi connectivity index (χ1n) is 7.55. The van der Waals surface area contributed by atoms with Crippen molar-refractivity contribution in [3.63, 3.8) is 0 Å². The maximum Gasteiger partial charge on any atom is 0.254 e. The molecule has 0 fully saturated rings. The van der Waals surface area contributed by atoms with Crippen LogP contribution in [-0.2, 0) is 18.4 Å². The first-order valence-corrected chi connectivity index (χ1v) is 7.55. The van der Waals surface area contributed by atoms with Crippen molar-refractivity contribution in [2.75, 3.05) is 6.54 Å². The standard InChI is InChI=1S/C18H24N2O2/c1-18(2,3)15-6-4-13(5-7-15)8-9-20-17(21)14-10-16(11-19)22-12-14/h4-7,10,12H,8-9,11,19H2,1-3H3,(H,20,21). The van der Waals surface area contributed by atoms with Crippen LogP contribution in [0.3, 0.4) is 0 Å². The Balaban J connectivity index is 1.84. The van der Waals surface area contributed by atoms with Crippen molar-refractivity contribution in [1.82, 2.24) is 5.32 Å². The van der Waals surface area contributed by atoms with Gasteiger partial charge in [-0.05, 0) is 29.0 Å². The number of nitrogens with two attached hydrogens (primary N) is 1. The van der Waals surface area contributed by atoms with E-state index < -0.39 is 0 Å². The number of hydrogen-bond acceptors (Lipinski definition) is 3. The Morgan fingerprint density at radius 3 is 2.45 bits per heavy atom. The van der Waals surface area contributed by atoms with Crippen LogP contribution in [0.5, 0.6) is 0 Å². The number of carbonyl (C=O) groups excluding carboxylic acids is 1. The summed E-state index contributed by atoms with van der Waals surface area (Å²) in [5.41, 5.74) is 8.66. The third kappa shape index (κ3) is 4.21. The smallest absolute Gasteiger partial charge is 0.254 e. The molecular formula is C18H24N2O2. The molecule has 0 bridgehead atoms. The van der Waals surface area contributed by atoms with Crippen LogP contribution in [0.25, 0.3) is 0 Å². The van der Waals surface area contributed by atoms with Gasteiger partial charge in [0.1, 0.15) is 12.0 Å². The summed E-state index contributed by atoms with van der Waals surface area (Å²) in [5, 5.41) is 2.89. The molecule has 1 amide bonds. The largest absolute Gasteiger partial charge is 0.467 e. The lowest BCUT2D eigenvalue weighted by molar-refractivity contribution is 0.0953. The monoisotopic (exact) mass is 300 g/mol. The van der Waals surface area contributed by atoms with Gasteiger partial charge >= 0.3 is 0 Å². The molecule has 0 aliphatic heterocycles. The van der Waals surface area contributed by atoms with Crippen molar-refractivity contribution in [3.8, 4) is 0 Å². The Labute approximate surface area is 131 Å². The minimum absolute atomic E-state index is 0.130. The number of amides is 1. The Hall–Kier alpha value is -2.07. The van der Waals surface area contributed by atoms with Crippen molar-refractivity contribution in [1.29, 1.82) is 0 Å². The third-order valence-electron chi connectivity index (χ3n) is 3.64. The van der Waals surface area contributed by atoms with Gasteiger partial charge in [0.25, 0.3) is 5.91 Å². The lowest BCUT2D eigenvalue weighted by Gasteiger charge is -2.19. The van der Waals surface area contributed by atoms with Crippen LogP contribution in [0, 0.1) is 0 Å². The molecule has 0 aliphatic rings. The molecule has 1 heterocycles. The Kier molecular flexibility index (Phi) is 5.03. The maximum atomic E-state index is 11.9. The Morgan fingerprint density at radius 2 is 1.91 bits per heavy atom. The van der Waals surface area contributed by atoms with Crippen LogP contribution in [0.4, 0.5) is 0 Å². The molecule has 0 spiro atoms. The maximum absolute atomic E-state index is 11.9. The fraction of sp³-hybridized carbons (Fsp3) is 0.389. The molecule has 0 aliphatic carbocycles. The van der Waals surface area contributed by atoms with Crippen LogP contribution >= 0.6 is 0 Å². The highest BCUT2D eigenvalue weighted by molar-refractivity contribution is 5.93. The lowest BCUT2D eigenvalue weighted by Crippen LogP contribution is -2.25. The topological polar surface area (TPSA) is 68.3 Å². The van der Waals surface area contributed by atoms with Crippen molar-refractivity contribution in [3.05, 3.63) is 59.0 Å². The predicted octanol–water partition coefficient (Wildman–Crippen LogP) is 3.01. The SMILES string of the molecule is CC(C)(C)c1ccc(CCNC(=O)c2coc(CN)c2)cc1. The van der Waals surface area contributed by atoms with Crippen molar-refractivity contribution in [2.45, 2.75) is 39.2 Å². The predicted molar refractivity (Wildman–Crippen MR) is 87.8 cm³/mol. The van der Waals surface area contributed by atoms with Crippen LogP contribution in [-0.4, -0.2) is 12.5 Å². The molecule has 22 heavy (non-hydrogen) atoms. The summed E-state index contributed by atoms with van der Waals surface area (Å²) in [6.45, 7) is 7.48. The number of furan rings is 1. The van der Waals surface area contributed by atoms with E-state index in [-0.39, 0.29) is 11.3 Å². The quantitative estimate of drug-likeness (QED) is 0.892. The number of carbonyl (C=O) groups is 1. The van der Waals surface area contributed by atoms with Gasteiger partial charge in [-0.2, -0.15) is 0 Å². The van der Waals surface area contributed by atoms with Gasteiger partial charge in [0.2, 0.25) is 0 Å². The molecule has 0 saturated heterocycles. The summed E-state index contributed by atoms with van der Waals surface area (Å²) in [6, 6.07) is 10.2. The molecule has 2 aromatic rings. The molecule has 0 unspecified atom stereocenters. The van der Waals surface area contributed by atoms with Gasteiger partial charge in [-0.3, -0.25) is 4.79 Å². The zero-order chi connectivity index (χ0) is 16.2. The average molecular weight is 300 g/mol. The van der Waals surface area contributed by atoms with Gasteiger partial charge in [0.15, 0.2) is 0 Å². The molecule has 3 N–H and O–H groups in total. The second-order valence-electron chi connectivity index (χ2n) is 6.46. The molecule has 0 saturated carbocycles. The van der Waals surface area contributed by atoms with E-state index in [1.165, 1.54) is 17.4 Å². The van der Waals surface area contributed by atoms with E-state index in [0.29, 0.717) is 24.4 Å². The third-order valence-corrected chi connectivity index (χ3v) is 3.64. The van der Waals surface area contributed by atoms with Gasteiger partial charge in [-0.1, -0.05) is 45.0 Å². The van der Waals surface area contributed by atoms with E-state index in [0.717, 1.165) is 6.42 Å².